The summed E-state index contributed by atoms with van der Waals surface area (Å²) in [5, 5.41) is 5.42. The third kappa shape index (κ3) is 3.98. The van der Waals surface area contributed by atoms with Crippen molar-refractivity contribution < 1.29 is 9.21 Å². The fraction of sp³-hybridized carbons (Fsp3) is 0.462. The number of allylic oxidation sites excluding steroid dienone is 1. The van der Waals surface area contributed by atoms with E-state index in [-0.39, 0.29) is 6.03 Å². The van der Waals surface area contributed by atoms with E-state index >= 15 is 0 Å². The third-order valence-electron chi connectivity index (χ3n) is 2.99. The molecule has 2 rings (SSSR count). The van der Waals surface area contributed by atoms with Crippen LogP contribution < -0.4 is 10.6 Å². The first-order valence-corrected chi connectivity index (χ1v) is 6.08. The molecule has 0 saturated heterocycles. The molecule has 1 aliphatic carbocycles. The lowest BCUT2D eigenvalue weighted by molar-refractivity contribution is 0.242. The number of carbonyl (C=O) groups excluding carboxylic acids is 1. The number of carbonyl (C=O) groups is 1. The number of urea groups is 1. The molecule has 0 unspecified atom stereocenters. The van der Waals surface area contributed by atoms with Gasteiger partial charge in [0.1, 0.15) is 5.76 Å². The Labute approximate surface area is 101 Å². The summed E-state index contributed by atoms with van der Waals surface area (Å²) in [7, 11) is 0. The van der Waals surface area contributed by atoms with Gasteiger partial charge in [0.25, 0.3) is 0 Å². The fourth-order valence-electron chi connectivity index (χ4n) is 2.04. The summed E-state index contributed by atoms with van der Waals surface area (Å²) in [5.74, 6) is 1.39. The molecular weight excluding hydrogens is 216 g/mol. The van der Waals surface area contributed by atoms with Crippen LogP contribution in [0.4, 0.5) is 4.79 Å². The third-order valence-corrected chi connectivity index (χ3v) is 2.99. The van der Waals surface area contributed by atoms with E-state index in [1.54, 1.807) is 18.5 Å². The van der Waals surface area contributed by atoms with Crippen molar-refractivity contribution in [1.82, 2.24) is 10.6 Å². The van der Waals surface area contributed by atoms with E-state index < -0.39 is 0 Å². The number of hydrogen-bond donors (Lipinski definition) is 2. The van der Waals surface area contributed by atoms with E-state index in [0.29, 0.717) is 12.5 Å². The molecule has 4 nitrogen and oxygen atoms in total. The molecule has 1 fully saturated rings. The summed E-state index contributed by atoms with van der Waals surface area (Å²) in [4.78, 5) is 11.4. The molecule has 1 saturated carbocycles. The smallest absolute Gasteiger partial charge is 0.319 e. The zero-order chi connectivity index (χ0) is 11.9. The van der Waals surface area contributed by atoms with Gasteiger partial charge in [0.2, 0.25) is 0 Å². The Morgan fingerprint density at radius 2 is 2.29 bits per heavy atom. The molecule has 92 valence electrons. The lowest BCUT2D eigenvalue weighted by Crippen LogP contribution is -2.31. The lowest BCUT2D eigenvalue weighted by atomic mass is 10.1. The van der Waals surface area contributed by atoms with E-state index in [2.05, 4.69) is 16.7 Å². The maximum Gasteiger partial charge on any atom is 0.319 e. The molecule has 1 aromatic rings. The zero-order valence-corrected chi connectivity index (χ0v) is 9.82. The van der Waals surface area contributed by atoms with Crippen LogP contribution in [0.5, 0.6) is 0 Å². The van der Waals surface area contributed by atoms with Crippen LogP contribution in [-0.2, 0) is 6.54 Å². The van der Waals surface area contributed by atoms with Crippen molar-refractivity contribution in [2.75, 3.05) is 0 Å². The summed E-state index contributed by atoms with van der Waals surface area (Å²) in [5.41, 5.74) is 0. The highest BCUT2D eigenvalue weighted by Crippen LogP contribution is 2.25. The van der Waals surface area contributed by atoms with Gasteiger partial charge in [-0.1, -0.05) is 18.9 Å². The van der Waals surface area contributed by atoms with Crippen molar-refractivity contribution in [3.63, 3.8) is 0 Å². The molecule has 0 radical (unpaired) electrons. The Kier molecular flexibility index (Phi) is 4.24. The summed E-state index contributed by atoms with van der Waals surface area (Å²) >= 11 is 0. The van der Waals surface area contributed by atoms with Gasteiger partial charge in [-0.25, -0.2) is 4.79 Å². The summed E-state index contributed by atoms with van der Waals surface area (Å²) in [6, 6.07) is 3.43. The molecule has 1 aromatic heterocycles. The first kappa shape index (κ1) is 11.8. The van der Waals surface area contributed by atoms with Gasteiger partial charge in [-0.05, 0) is 30.9 Å². The second kappa shape index (κ2) is 6.13. The topological polar surface area (TPSA) is 54.3 Å². The fourth-order valence-corrected chi connectivity index (χ4v) is 2.04. The molecule has 2 N–H and O–H groups in total. The van der Waals surface area contributed by atoms with Crippen LogP contribution in [0.3, 0.4) is 0 Å². The average Bonchev–Trinajstić information content (AvgIpc) is 2.99. The molecule has 1 heterocycles. The molecule has 0 atom stereocenters. The number of furan rings is 1. The van der Waals surface area contributed by atoms with Gasteiger partial charge in [-0.2, -0.15) is 0 Å². The number of hydrogen-bond acceptors (Lipinski definition) is 2. The average molecular weight is 234 g/mol. The summed E-state index contributed by atoms with van der Waals surface area (Å²) in [6.07, 6.45) is 10.5. The van der Waals surface area contributed by atoms with Crippen LogP contribution in [0.15, 0.2) is 35.1 Å². The van der Waals surface area contributed by atoms with Crippen molar-refractivity contribution >= 4 is 6.03 Å². The molecule has 0 bridgehead atoms. The molecular formula is C13H18N2O2. The first-order valence-electron chi connectivity index (χ1n) is 6.08. The second-order valence-corrected chi connectivity index (χ2v) is 4.31. The predicted molar refractivity (Wildman–Crippen MR) is 65.2 cm³/mol. The molecule has 0 spiro atoms. The van der Waals surface area contributed by atoms with Crippen molar-refractivity contribution in [2.24, 2.45) is 5.92 Å². The highest BCUT2D eigenvalue weighted by atomic mass is 16.3. The van der Waals surface area contributed by atoms with Crippen LogP contribution >= 0.6 is 0 Å². The van der Waals surface area contributed by atoms with E-state index in [1.165, 1.54) is 25.7 Å². The Bertz CT molecular complexity index is 365. The first-order chi connectivity index (χ1) is 8.34. The van der Waals surface area contributed by atoms with Crippen LogP contribution in [-0.4, -0.2) is 6.03 Å². The van der Waals surface area contributed by atoms with Crippen LogP contribution in [0.2, 0.25) is 0 Å². The SMILES string of the molecule is O=C(N/C=C/C1CCCC1)NCc1ccco1. The Morgan fingerprint density at radius 3 is 3.00 bits per heavy atom. The quantitative estimate of drug-likeness (QED) is 0.841. The second-order valence-electron chi connectivity index (χ2n) is 4.31. The molecule has 17 heavy (non-hydrogen) atoms. The van der Waals surface area contributed by atoms with Crippen LogP contribution in [0.1, 0.15) is 31.4 Å². The number of rotatable bonds is 4. The van der Waals surface area contributed by atoms with Crippen molar-refractivity contribution in [3.8, 4) is 0 Å². The van der Waals surface area contributed by atoms with Gasteiger partial charge < -0.3 is 15.1 Å². The lowest BCUT2D eigenvalue weighted by Gasteiger charge is -2.03. The normalized spacial score (nSPS) is 16.5. The van der Waals surface area contributed by atoms with Gasteiger partial charge in [0, 0.05) is 6.20 Å². The maximum atomic E-state index is 11.4. The Balaban J connectivity index is 1.63. The largest absolute Gasteiger partial charge is 0.467 e. The van der Waals surface area contributed by atoms with Gasteiger partial charge in [-0.15, -0.1) is 0 Å². The van der Waals surface area contributed by atoms with E-state index in [1.807, 2.05) is 6.07 Å². The highest BCUT2D eigenvalue weighted by molar-refractivity contribution is 5.74. The Morgan fingerprint density at radius 1 is 1.47 bits per heavy atom. The van der Waals surface area contributed by atoms with E-state index in [4.69, 9.17) is 4.42 Å². The van der Waals surface area contributed by atoms with Gasteiger partial charge in [0.15, 0.2) is 0 Å². The number of amides is 2. The predicted octanol–water partition coefficient (Wildman–Crippen LogP) is 2.78. The molecule has 0 aliphatic heterocycles. The molecule has 4 heteroatoms. The summed E-state index contributed by atoms with van der Waals surface area (Å²) in [6.45, 7) is 0.413. The highest BCUT2D eigenvalue weighted by Gasteiger charge is 2.11. The van der Waals surface area contributed by atoms with Crippen molar-refractivity contribution in [2.45, 2.75) is 32.2 Å². The minimum atomic E-state index is -0.198. The van der Waals surface area contributed by atoms with E-state index in [0.717, 1.165) is 5.76 Å². The standard InChI is InChI=1S/C13H18N2O2/c16-13(15-10-12-6-3-9-17-12)14-8-7-11-4-1-2-5-11/h3,6-9,11H,1-2,4-5,10H2,(H2,14,15,16)/b8-7+. The minimum absolute atomic E-state index is 0.198. The van der Waals surface area contributed by atoms with Gasteiger partial charge in [0.05, 0.1) is 12.8 Å². The van der Waals surface area contributed by atoms with E-state index in [9.17, 15) is 4.79 Å². The van der Waals surface area contributed by atoms with Crippen LogP contribution in [0, 0.1) is 5.92 Å². The summed E-state index contributed by atoms with van der Waals surface area (Å²) < 4.78 is 5.11. The zero-order valence-electron chi connectivity index (χ0n) is 9.82. The number of nitrogens with one attached hydrogen (secondary N) is 2. The van der Waals surface area contributed by atoms with Gasteiger partial charge in [-0.3, -0.25) is 0 Å². The molecule has 2 amide bonds. The molecule has 1 aliphatic rings. The minimum Gasteiger partial charge on any atom is -0.467 e. The maximum absolute atomic E-state index is 11.4. The molecule has 0 aromatic carbocycles. The van der Waals surface area contributed by atoms with Crippen molar-refractivity contribution in [1.29, 1.82) is 0 Å². The van der Waals surface area contributed by atoms with Gasteiger partial charge >= 0.3 is 6.03 Å². The monoisotopic (exact) mass is 234 g/mol. The van der Waals surface area contributed by atoms with Crippen LogP contribution in [0.25, 0.3) is 0 Å². The Hall–Kier alpha value is -1.71. The van der Waals surface area contributed by atoms with Crippen molar-refractivity contribution in [3.05, 3.63) is 36.4 Å².